The average molecular weight is 240 g/mol. The number of hydrogen-bond donors (Lipinski definition) is 0. The van der Waals surface area contributed by atoms with Gasteiger partial charge in [0.15, 0.2) is 5.82 Å². The zero-order chi connectivity index (χ0) is 11.6. The van der Waals surface area contributed by atoms with E-state index in [0.717, 1.165) is 7.11 Å². The van der Waals surface area contributed by atoms with Gasteiger partial charge in [-0.15, -0.1) is 0 Å². The van der Waals surface area contributed by atoms with Crippen molar-refractivity contribution in [3.05, 3.63) is 23.1 Å². The van der Waals surface area contributed by atoms with Crippen LogP contribution in [0.2, 0.25) is 0 Å². The van der Waals surface area contributed by atoms with Crippen LogP contribution in [0.4, 0.5) is 13.2 Å². The molecule has 0 saturated carbocycles. The molecule has 0 aliphatic heterocycles. The summed E-state index contributed by atoms with van der Waals surface area (Å²) in [6, 6.07) is 0.572. The molecule has 0 saturated heterocycles. The Bertz CT molecular complexity index is 398. The highest BCUT2D eigenvalue weighted by Crippen LogP contribution is 2.26. The van der Waals surface area contributed by atoms with Crippen molar-refractivity contribution < 1.29 is 22.7 Å². The molecule has 0 N–H and O–H groups in total. The van der Waals surface area contributed by atoms with E-state index in [2.05, 4.69) is 9.72 Å². The summed E-state index contributed by atoms with van der Waals surface area (Å²) < 4.78 is 41.9. The number of aromatic nitrogens is 1. The summed E-state index contributed by atoms with van der Waals surface area (Å²) >= 11 is 5.08. The molecule has 0 unspecified atom stereocenters. The number of ether oxygens (including phenoxy) is 1. The molecule has 0 aromatic carbocycles. The molecule has 1 aromatic heterocycles. The molecule has 0 spiro atoms. The molecule has 3 nitrogen and oxygen atoms in total. The van der Waals surface area contributed by atoms with E-state index < -0.39 is 29.1 Å². The minimum atomic E-state index is -3.08. The van der Waals surface area contributed by atoms with Gasteiger partial charge in [-0.25, -0.2) is 18.2 Å². The predicted molar refractivity (Wildman–Crippen MR) is 45.9 cm³/mol. The maximum absolute atomic E-state index is 13.0. The zero-order valence-corrected chi connectivity index (χ0v) is 8.19. The molecule has 1 heterocycles. The number of hydrogen-bond acceptors (Lipinski definition) is 3. The lowest BCUT2D eigenvalue weighted by atomic mass is 10.2. The summed E-state index contributed by atoms with van der Waals surface area (Å²) in [4.78, 5) is 13.9. The monoisotopic (exact) mass is 239 g/mol. The number of carbonyl (C=O) groups excluding carboxylic acids is 1. The van der Waals surface area contributed by atoms with Crippen molar-refractivity contribution >= 4 is 16.8 Å². The quantitative estimate of drug-likeness (QED) is 0.761. The van der Waals surface area contributed by atoms with Crippen LogP contribution in [0.15, 0.2) is 6.07 Å². The standard InChI is InChI=1S/C8H5ClF3NO2/c1-15-8-3(6(9)14)2-4(10)5(13-8)7(11)12/h2,7H,1H3. The smallest absolute Gasteiger partial charge is 0.283 e. The van der Waals surface area contributed by atoms with Crippen LogP contribution in [-0.4, -0.2) is 17.3 Å². The minimum Gasteiger partial charge on any atom is -0.480 e. The van der Waals surface area contributed by atoms with Crippen molar-refractivity contribution in [2.75, 3.05) is 7.11 Å². The van der Waals surface area contributed by atoms with Crippen molar-refractivity contribution in [3.8, 4) is 5.88 Å². The first-order valence-corrected chi connectivity index (χ1v) is 4.07. The van der Waals surface area contributed by atoms with Crippen molar-refractivity contribution in [1.29, 1.82) is 0 Å². The molecule has 0 aliphatic rings. The van der Waals surface area contributed by atoms with Crippen molar-refractivity contribution in [2.45, 2.75) is 6.43 Å². The lowest BCUT2D eigenvalue weighted by Crippen LogP contribution is -2.04. The van der Waals surface area contributed by atoms with Gasteiger partial charge in [0.05, 0.1) is 12.7 Å². The van der Waals surface area contributed by atoms with Crippen molar-refractivity contribution in [2.24, 2.45) is 0 Å². The lowest BCUT2D eigenvalue weighted by molar-refractivity contribution is 0.107. The summed E-state index contributed by atoms with van der Waals surface area (Å²) in [5.74, 6) is -1.72. The second-order valence-corrected chi connectivity index (χ2v) is 2.83. The van der Waals surface area contributed by atoms with E-state index in [-0.39, 0.29) is 5.56 Å². The average Bonchev–Trinajstić information content (AvgIpc) is 2.16. The van der Waals surface area contributed by atoms with Crippen LogP contribution in [0.5, 0.6) is 5.88 Å². The van der Waals surface area contributed by atoms with E-state index in [9.17, 15) is 18.0 Å². The van der Waals surface area contributed by atoms with Gasteiger partial charge in [0.25, 0.3) is 11.7 Å². The molecule has 7 heteroatoms. The number of rotatable bonds is 3. The SMILES string of the molecule is COc1nc(C(F)F)c(F)cc1C(=O)Cl. The molecular formula is C8H5ClF3NO2. The van der Waals surface area contributed by atoms with E-state index in [1.807, 2.05) is 0 Å². The Morgan fingerprint density at radius 2 is 2.20 bits per heavy atom. The Labute approximate surface area is 87.8 Å². The van der Waals surface area contributed by atoms with Gasteiger partial charge >= 0.3 is 0 Å². The molecule has 0 fully saturated rings. The summed E-state index contributed by atoms with van der Waals surface area (Å²) in [5, 5.41) is -1.03. The van der Waals surface area contributed by atoms with E-state index in [4.69, 9.17) is 11.6 Å². The van der Waals surface area contributed by atoms with Crippen molar-refractivity contribution in [1.82, 2.24) is 4.98 Å². The number of methoxy groups -OCH3 is 1. The highest BCUT2D eigenvalue weighted by atomic mass is 35.5. The Morgan fingerprint density at radius 3 is 2.60 bits per heavy atom. The molecule has 0 bridgehead atoms. The first kappa shape index (κ1) is 11.8. The highest BCUT2D eigenvalue weighted by Gasteiger charge is 2.21. The van der Waals surface area contributed by atoms with Gasteiger partial charge in [-0.3, -0.25) is 4.79 Å². The third kappa shape index (κ3) is 2.38. The van der Waals surface area contributed by atoms with E-state index in [1.165, 1.54) is 0 Å². The van der Waals surface area contributed by atoms with Gasteiger partial charge in [0.2, 0.25) is 5.88 Å². The molecule has 0 radical (unpaired) electrons. The van der Waals surface area contributed by atoms with Crippen LogP contribution in [-0.2, 0) is 0 Å². The summed E-state index contributed by atoms with van der Waals surface area (Å²) in [6.45, 7) is 0. The number of carbonyl (C=O) groups is 1. The first-order chi connectivity index (χ1) is 6.97. The number of pyridine rings is 1. The molecular weight excluding hydrogens is 235 g/mol. The fraction of sp³-hybridized carbons (Fsp3) is 0.250. The molecule has 0 aliphatic carbocycles. The number of nitrogens with zero attached hydrogens (tertiary/aromatic N) is 1. The molecule has 15 heavy (non-hydrogen) atoms. The predicted octanol–water partition coefficient (Wildman–Crippen LogP) is 2.55. The number of halogens is 4. The van der Waals surface area contributed by atoms with E-state index in [0.29, 0.717) is 6.07 Å². The normalized spacial score (nSPS) is 10.5. The van der Waals surface area contributed by atoms with Gasteiger partial charge in [-0.05, 0) is 17.7 Å². The largest absolute Gasteiger partial charge is 0.480 e. The molecule has 0 atom stereocenters. The fourth-order valence-corrected chi connectivity index (χ4v) is 1.07. The first-order valence-electron chi connectivity index (χ1n) is 3.69. The second kappa shape index (κ2) is 4.48. The van der Waals surface area contributed by atoms with Crippen LogP contribution in [0.1, 0.15) is 22.5 Å². The topological polar surface area (TPSA) is 39.2 Å². The van der Waals surface area contributed by atoms with Crippen molar-refractivity contribution in [3.63, 3.8) is 0 Å². The Kier molecular flexibility index (Phi) is 3.52. The van der Waals surface area contributed by atoms with Crippen LogP contribution in [0.3, 0.4) is 0 Å². The molecule has 82 valence electrons. The van der Waals surface area contributed by atoms with Crippen LogP contribution in [0.25, 0.3) is 0 Å². The fourth-order valence-electron chi connectivity index (χ4n) is 0.935. The van der Waals surface area contributed by atoms with Gasteiger partial charge < -0.3 is 4.74 Å². The van der Waals surface area contributed by atoms with Gasteiger partial charge in [-0.2, -0.15) is 0 Å². The van der Waals surface area contributed by atoms with Crippen LogP contribution in [0, 0.1) is 5.82 Å². The molecule has 1 aromatic rings. The summed E-state index contributed by atoms with van der Waals surface area (Å²) in [6.07, 6.45) is -3.08. The van der Waals surface area contributed by atoms with E-state index >= 15 is 0 Å². The Balaban J connectivity index is 3.35. The maximum atomic E-state index is 13.0. The Morgan fingerprint density at radius 1 is 1.60 bits per heavy atom. The van der Waals surface area contributed by atoms with Gasteiger partial charge in [0.1, 0.15) is 5.69 Å². The van der Waals surface area contributed by atoms with Crippen LogP contribution < -0.4 is 4.74 Å². The third-order valence-corrected chi connectivity index (χ3v) is 1.78. The highest BCUT2D eigenvalue weighted by molar-refractivity contribution is 6.68. The maximum Gasteiger partial charge on any atom is 0.283 e. The summed E-state index contributed by atoms with van der Waals surface area (Å²) in [7, 11) is 1.11. The molecule has 1 rings (SSSR count). The third-order valence-electron chi connectivity index (χ3n) is 1.58. The second-order valence-electron chi connectivity index (χ2n) is 2.49. The summed E-state index contributed by atoms with van der Waals surface area (Å²) in [5.41, 5.74) is -1.46. The molecule has 0 amide bonds. The van der Waals surface area contributed by atoms with Crippen LogP contribution >= 0.6 is 11.6 Å². The van der Waals surface area contributed by atoms with Gasteiger partial charge in [0, 0.05) is 0 Å². The minimum absolute atomic E-state index is 0.388. The Hall–Kier alpha value is -1.30. The zero-order valence-electron chi connectivity index (χ0n) is 7.43. The van der Waals surface area contributed by atoms with E-state index in [1.54, 1.807) is 0 Å². The lowest BCUT2D eigenvalue weighted by Gasteiger charge is -2.07. The van der Waals surface area contributed by atoms with Gasteiger partial charge in [-0.1, -0.05) is 0 Å². The number of alkyl halides is 2.